The molecule has 0 N–H and O–H groups in total. The summed E-state index contributed by atoms with van der Waals surface area (Å²) in [6, 6.07) is 11.4. The summed E-state index contributed by atoms with van der Waals surface area (Å²) in [5.41, 5.74) is 1.03. The van der Waals surface area contributed by atoms with Gasteiger partial charge in [-0.3, -0.25) is 14.9 Å². The molecule has 0 radical (unpaired) electrons. The SMILES string of the molecule is O=C(c1ccc(F)cc1)N1CCCC(c2nc(-c3ccc([N+](=O)[O-])cc3)no2)C1. The van der Waals surface area contributed by atoms with Crippen molar-refractivity contribution in [2.45, 2.75) is 18.8 Å². The summed E-state index contributed by atoms with van der Waals surface area (Å²) in [5.74, 6) is 0.117. The third kappa shape index (κ3) is 3.98. The first-order valence-corrected chi connectivity index (χ1v) is 9.14. The second kappa shape index (κ2) is 7.78. The Labute approximate surface area is 165 Å². The van der Waals surface area contributed by atoms with E-state index in [9.17, 15) is 19.3 Å². The summed E-state index contributed by atoms with van der Waals surface area (Å²) in [5, 5.41) is 14.7. The normalized spacial score (nSPS) is 16.6. The Kier molecular flexibility index (Phi) is 5.03. The highest BCUT2D eigenvalue weighted by Crippen LogP contribution is 2.29. The van der Waals surface area contributed by atoms with E-state index >= 15 is 0 Å². The molecular weight excluding hydrogens is 379 g/mol. The number of nitrogens with zero attached hydrogens (tertiary/aromatic N) is 4. The molecule has 0 saturated carbocycles. The van der Waals surface area contributed by atoms with E-state index < -0.39 is 4.92 Å². The van der Waals surface area contributed by atoms with Crippen LogP contribution < -0.4 is 0 Å². The fourth-order valence-electron chi connectivity index (χ4n) is 3.39. The lowest BCUT2D eigenvalue weighted by molar-refractivity contribution is -0.384. The van der Waals surface area contributed by atoms with E-state index in [2.05, 4.69) is 10.1 Å². The van der Waals surface area contributed by atoms with Crippen LogP contribution in [0.25, 0.3) is 11.4 Å². The number of nitro benzene ring substituents is 1. The number of halogens is 1. The summed E-state index contributed by atoms with van der Waals surface area (Å²) in [6.07, 6.45) is 1.59. The molecule has 0 spiro atoms. The van der Waals surface area contributed by atoms with Crippen LogP contribution in [0, 0.1) is 15.9 Å². The minimum absolute atomic E-state index is 0.0142. The number of nitro groups is 1. The summed E-state index contributed by atoms with van der Waals surface area (Å²) in [7, 11) is 0. The Balaban J connectivity index is 1.48. The van der Waals surface area contributed by atoms with Crippen molar-refractivity contribution >= 4 is 11.6 Å². The van der Waals surface area contributed by atoms with Crippen LogP contribution in [0.5, 0.6) is 0 Å². The third-order valence-corrected chi connectivity index (χ3v) is 4.93. The zero-order chi connectivity index (χ0) is 20.4. The quantitative estimate of drug-likeness (QED) is 0.491. The maximum Gasteiger partial charge on any atom is 0.269 e. The Bertz CT molecular complexity index is 1030. The molecule has 1 unspecified atom stereocenters. The van der Waals surface area contributed by atoms with E-state index in [1.165, 1.54) is 36.4 Å². The number of amides is 1. The lowest BCUT2D eigenvalue weighted by atomic mass is 9.97. The minimum atomic E-state index is -0.472. The zero-order valence-electron chi connectivity index (χ0n) is 15.3. The minimum Gasteiger partial charge on any atom is -0.339 e. The summed E-state index contributed by atoms with van der Waals surface area (Å²) in [6.45, 7) is 1.04. The number of carbonyl (C=O) groups excluding carboxylic acids is 1. The highest BCUT2D eigenvalue weighted by molar-refractivity contribution is 5.94. The molecule has 0 aliphatic carbocycles. The van der Waals surface area contributed by atoms with Crippen LogP contribution in [0.3, 0.4) is 0 Å². The Morgan fingerprint density at radius 3 is 2.59 bits per heavy atom. The molecule has 1 aliphatic heterocycles. The van der Waals surface area contributed by atoms with Gasteiger partial charge < -0.3 is 9.42 Å². The smallest absolute Gasteiger partial charge is 0.269 e. The van der Waals surface area contributed by atoms with Crippen molar-refractivity contribution in [3.63, 3.8) is 0 Å². The zero-order valence-corrected chi connectivity index (χ0v) is 15.3. The molecule has 29 heavy (non-hydrogen) atoms. The van der Waals surface area contributed by atoms with Gasteiger partial charge in [0.25, 0.3) is 11.6 Å². The van der Waals surface area contributed by atoms with Crippen molar-refractivity contribution in [3.05, 3.63) is 75.9 Å². The number of non-ortho nitro benzene ring substituents is 1. The molecule has 1 atom stereocenters. The van der Waals surface area contributed by atoms with E-state index in [4.69, 9.17) is 4.52 Å². The Morgan fingerprint density at radius 2 is 1.90 bits per heavy atom. The molecular formula is C20H17FN4O4. The predicted molar refractivity (Wildman–Crippen MR) is 101 cm³/mol. The maximum absolute atomic E-state index is 13.1. The van der Waals surface area contributed by atoms with E-state index in [1.807, 2.05) is 0 Å². The molecule has 4 rings (SSSR count). The number of piperidine rings is 1. The first kappa shape index (κ1) is 18.7. The van der Waals surface area contributed by atoms with Gasteiger partial charge in [-0.25, -0.2) is 4.39 Å². The largest absolute Gasteiger partial charge is 0.339 e. The van der Waals surface area contributed by atoms with Crippen LogP contribution >= 0.6 is 0 Å². The average Bonchev–Trinajstić information content (AvgIpc) is 3.24. The van der Waals surface area contributed by atoms with Crippen LogP contribution in [-0.2, 0) is 0 Å². The van der Waals surface area contributed by atoms with Crippen LogP contribution in [0.1, 0.15) is 35.0 Å². The van der Waals surface area contributed by atoms with Crippen molar-refractivity contribution in [2.24, 2.45) is 0 Å². The third-order valence-electron chi connectivity index (χ3n) is 4.93. The monoisotopic (exact) mass is 396 g/mol. The number of hydrogen-bond donors (Lipinski definition) is 0. The molecule has 9 heteroatoms. The molecule has 1 aliphatic rings. The molecule has 1 amide bonds. The summed E-state index contributed by atoms with van der Waals surface area (Å²) in [4.78, 5) is 29.1. The van der Waals surface area contributed by atoms with Crippen molar-refractivity contribution in [1.29, 1.82) is 0 Å². The molecule has 2 aromatic carbocycles. The maximum atomic E-state index is 13.1. The number of carbonyl (C=O) groups is 1. The van der Waals surface area contributed by atoms with Gasteiger partial charge in [-0.05, 0) is 49.2 Å². The molecule has 1 fully saturated rings. The fourth-order valence-corrected chi connectivity index (χ4v) is 3.39. The van der Waals surface area contributed by atoms with Crippen LogP contribution in [0.15, 0.2) is 53.1 Å². The van der Waals surface area contributed by atoms with Gasteiger partial charge in [0.05, 0.1) is 10.8 Å². The molecule has 1 aromatic heterocycles. The molecule has 148 valence electrons. The van der Waals surface area contributed by atoms with E-state index in [0.717, 1.165) is 12.8 Å². The van der Waals surface area contributed by atoms with Crippen molar-refractivity contribution in [3.8, 4) is 11.4 Å². The lowest BCUT2D eigenvalue weighted by Gasteiger charge is -2.31. The molecule has 1 saturated heterocycles. The van der Waals surface area contributed by atoms with Gasteiger partial charge in [0.2, 0.25) is 11.7 Å². The van der Waals surface area contributed by atoms with Crippen molar-refractivity contribution < 1.29 is 18.6 Å². The highest BCUT2D eigenvalue weighted by atomic mass is 19.1. The van der Waals surface area contributed by atoms with Crippen LogP contribution in [-0.4, -0.2) is 39.0 Å². The van der Waals surface area contributed by atoms with E-state index in [0.29, 0.717) is 35.9 Å². The van der Waals surface area contributed by atoms with Gasteiger partial charge in [0.15, 0.2) is 0 Å². The van der Waals surface area contributed by atoms with Crippen molar-refractivity contribution in [2.75, 3.05) is 13.1 Å². The second-order valence-corrected chi connectivity index (χ2v) is 6.86. The van der Waals surface area contributed by atoms with Gasteiger partial charge >= 0.3 is 0 Å². The number of benzene rings is 2. The predicted octanol–water partition coefficient (Wildman–Crippen LogP) is 3.80. The van der Waals surface area contributed by atoms with Gasteiger partial charge in [-0.2, -0.15) is 4.98 Å². The molecule has 0 bridgehead atoms. The van der Waals surface area contributed by atoms with Gasteiger partial charge in [-0.15, -0.1) is 0 Å². The Morgan fingerprint density at radius 1 is 1.17 bits per heavy atom. The first-order chi connectivity index (χ1) is 14.0. The van der Waals surface area contributed by atoms with E-state index in [-0.39, 0.29) is 23.3 Å². The fraction of sp³-hybridized carbons (Fsp3) is 0.250. The number of likely N-dealkylation sites (tertiary alicyclic amines) is 1. The second-order valence-electron chi connectivity index (χ2n) is 6.86. The van der Waals surface area contributed by atoms with Crippen molar-refractivity contribution in [1.82, 2.24) is 15.0 Å². The topological polar surface area (TPSA) is 102 Å². The van der Waals surface area contributed by atoms with Crippen LogP contribution in [0.4, 0.5) is 10.1 Å². The average molecular weight is 396 g/mol. The first-order valence-electron chi connectivity index (χ1n) is 9.14. The Hall–Kier alpha value is -3.62. The highest BCUT2D eigenvalue weighted by Gasteiger charge is 2.29. The number of rotatable bonds is 4. The van der Waals surface area contributed by atoms with Gasteiger partial charge in [-0.1, -0.05) is 5.16 Å². The molecule has 3 aromatic rings. The summed E-state index contributed by atoms with van der Waals surface area (Å²) < 4.78 is 18.5. The summed E-state index contributed by atoms with van der Waals surface area (Å²) >= 11 is 0. The lowest BCUT2D eigenvalue weighted by Crippen LogP contribution is -2.39. The molecule has 2 heterocycles. The van der Waals surface area contributed by atoms with Crippen LogP contribution in [0.2, 0.25) is 0 Å². The van der Waals surface area contributed by atoms with Gasteiger partial charge in [0, 0.05) is 36.3 Å². The van der Waals surface area contributed by atoms with Gasteiger partial charge in [0.1, 0.15) is 5.82 Å². The standard InChI is InChI=1S/C20H17FN4O4/c21-16-7-3-14(4-8-16)20(26)24-11-1-2-15(12-24)19-22-18(23-29-19)13-5-9-17(10-6-13)25(27)28/h3-10,15H,1-2,11-12H2. The van der Waals surface area contributed by atoms with E-state index in [1.54, 1.807) is 17.0 Å². The number of aromatic nitrogens is 2. The molecule has 8 nitrogen and oxygen atoms in total. The number of hydrogen-bond acceptors (Lipinski definition) is 6.